The predicted octanol–water partition coefficient (Wildman–Crippen LogP) is 0.525. The largest absolute Gasteiger partial charge is 0.377 e. The quantitative estimate of drug-likeness (QED) is 0.854. The maximum Gasteiger partial charge on any atom is 0.232 e. The third kappa shape index (κ3) is 3.04. The third-order valence-electron chi connectivity index (χ3n) is 3.46. The van der Waals surface area contributed by atoms with Crippen molar-refractivity contribution in [3.63, 3.8) is 0 Å². The molecule has 0 aliphatic carbocycles. The molecule has 2 rings (SSSR count). The van der Waals surface area contributed by atoms with E-state index >= 15 is 0 Å². The van der Waals surface area contributed by atoms with Crippen molar-refractivity contribution in [3.05, 3.63) is 0 Å². The summed E-state index contributed by atoms with van der Waals surface area (Å²) < 4.78 is 5.58. The van der Waals surface area contributed by atoms with E-state index in [0.717, 1.165) is 25.9 Å². The second-order valence-electron chi connectivity index (χ2n) is 5.37. The number of piperidine rings is 1. The van der Waals surface area contributed by atoms with Crippen LogP contribution in [0.25, 0.3) is 0 Å². The number of anilines is 3. The van der Waals surface area contributed by atoms with Crippen LogP contribution in [-0.4, -0.2) is 54.8 Å². The molecule has 2 heterocycles. The van der Waals surface area contributed by atoms with Gasteiger partial charge in [-0.25, -0.2) is 0 Å². The lowest BCUT2D eigenvalue weighted by molar-refractivity contribution is -0.00498. The van der Waals surface area contributed by atoms with Crippen molar-refractivity contribution in [1.29, 1.82) is 0 Å². The molecule has 1 aromatic rings. The van der Waals surface area contributed by atoms with Crippen LogP contribution in [0.1, 0.15) is 19.8 Å². The highest BCUT2D eigenvalue weighted by atomic mass is 16.5. The number of aromatic nitrogens is 3. The molecule has 1 atom stereocenters. The second kappa shape index (κ2) is 5.16. The van der Waals surface area contributed by atoms with Crippen molar-refractivity contribution in [3.8, 4) is 0 Å². The number of methoxy groups -OCH3 is 1. The molecule has 1 fully saturated rings. The number of nitrogen functional groups attached to an aromatic ring is 1. The predicted molar refractivity (Wildman–Crippen MR) is 75.4 cm³/mol. The van der Waals surface area contributed by atoms with Gasteiger partial charge >= 0.3 is 0 Å². The Kier molecular flexibility index (Phi) is 3.75. The van der Waals surface area contributed by atoms with Crippen LogP contribution in [0.15, 0.2) is 0 Å². The van der Waals surface area contributed by atoms with Gasteiger partial charge in [0.05, 0.1) is 5.60 Å². The zero-order valence-corrected chi connectivity index (χ0v) is 12.1. The fourth-order valence-corrected chi connectivity index (χ4v) is 2.25. The summed E-state index contributed by atoms with van der Waals surface area (Å²) in [6.07, 6.45) is 2.09. The van der Waals surface area contributed by atoms with Gasteiger partial charge in [-0.2, -0.15) is 15.0 Å². The highest BCUT2D eigenvalue weighted by Crippen LogP contribution is 2.26. The Bertz CT molecular complexity index is 452. The average molecular weight is 266 g/mol. The first kappa shape index (κ1) is 13.8. The van der Waals surface area contributed by atoms with E-state index in [1.54, 1.807) is 7.11 Å². The normalized spacial score (nSPS) is 23.5. The minimum Gasteiger partial charge on any atom is -0.377 e. The first-order valence-corrected chi connectivity index (χ1v) is 6.42. The number of hydrogen-bond acceptors (Lipinski definition) is 7. The van der Waals surface area contributed by atoms with Crippen LogP contribution in [-0.2, 0) is 4.74 Å². The van der Waals surface area contributed by atoms with Gasteiger partial charge < -0.3 is 20.3 Å². The highest BCUT2D eigenvalue weighted by molar-refractivity contribution is 5.43. The van der Waals surface area contributed by atoms with E-state index in [0.29, 0.717) is 11.9 Å². The van der Waals surface area contributed by atoms with Gasteiger partial charge in [0.1, 0.15) is 0 Å². The average Bonchev–Trinajstić information content (AvgIpc) is 2.38. The van der Waals surface area contributed by atoms with Gasteiger partial charge in [0, 0.05) is 34.3 Å². The molecule has 1 aliphatic heterocycles. The standard InChI is InChI=1S/C12H22N6O/c1-12(19-4)6-5-7-18(8-12)11-15-9(13)14-10(16-11)17(2)3/h5-8H2,1-4H3,(H2,13,14,15,16). The Morgan fingerprint density at radius 3 is 2.68 bits per heavy atom. The number of ether oxygens (including phenoxy) is 1. The molecule has 2 N–H and O–H groups in total. The Labute approximate surface area is 113 Å². The maximum absolute atomic E-state index is 5.76. The summed E-state index contributed by atoms with van der Waals surface area (Å²) in [5.41, 5.74) is 5.60. The van der Waals surface area contributed by atoms with E-state index < -0.39 is 0 Å². The molecule has 7 nitrogen and oxygen atoms in total. The Morgan fingerprint density at radius 1 is 1.32 bits per heavy atom. The zero-order valence-electron chi connectivity index (χ0n) is 12.1. The van der Waals surface area contributed by atoms with E-state index in [9.17, 15) is 0 Å². The molecule has 0 radical (unpaired) electrons. The van der Waals surface area contributed by atoms with Gasteiger partial charge in [0.25, 0.3) is 0 Å². The minimum atomic E-state index is -0.155. The van der Waals surface area contributed by atoms with Gasteiger partial charge in [-0.15, -0.1) is 0 Å². The third-order valence-corrected chi connectivity index (χ3v) is 3.46. The summed E-state index contributed by atoms with van der Waals surface area (Å²) in [6.45, 7) is 3.78. The molecule has 1 saturated heterocycles. The van der Waals surface area contributed by atoms with E-state index in [1.165, 1.54) is 0 Å². The first-order chi connectivity index (χ1) is 8.93. The van der Waals surface area contributed by atoms with Gasteiger partial charge in [-0.3, -0.25) is 0 Å². The molecule has 106 valence electrons. The van der Waals surface area contributed by atoms with Crippen molar-refractivity contribution in [2.75, 3.05) is 49.8 Å². The number of nitrogens with zero attached hydrogens (tertiary/aromatic N) is 5. The highest BCUT2D eigenvalue weighted by Gasteiger charge is 2.32. The molecule has 0 aromatic carbocycles. The van der Waals surface area contributed by atoms with E-state index in [1.807, 2.05) is 19.0 Å². The summed E-state index contributed by atoms with van der Waals surface area (Å²) in [5, 5.41) is 0. The van der Waals surface area contributed by atoms with Gasteiger partial charge in [-0.1, -0.05) is 0 Å². The lowest BCUT2D eigenvalue weighted by Crippen LogP contribution is -2.48. The molecule has 7 heteroatoms. The molecule has 0 spiro atoms. The number of hydrogen-bond donors (Lipinski definition) is 1. The maximum atomic E-state index is 5.76. The lowest BCUT2D eigenvalue weighted by Gasteiger charge is -2.39. The van der Waals surface area contributed by atoms with Crippen LogP contribution in [0.3, 0.4) is 0 Å². The smallest absolute Gasteiger partial charge is 0.232 e. The Hall–Kier alpha value is -1.63. The summed E-state index contributed by atoms with van der Waals surface area (Å²) in [6, 6.07) is 0. The zero-order chi connectivity index (χ0) is 14.0. The van der Waals surface area contributed by atoms with E-state index in [2.05, 4.69) is 26.8 Å². The summed E-state index contributed by atoms with van der Waals surface area (Å²) >= 11 is 0. The van der Waals surface area contributed by atoms with Gasteiger partial charge in [-0.05, 0) is 19.8 Å². The fourth-order valence-electron chi connectivity index (χ4n) is 2.25. The molecular formula is C12H22N6O. The number of nitrogens with two attached hydrogens (primary N) is 1. The van der Waals surface area contributed by atoms with Gasteiger partial charge in [0.2, 0.25) is 17.8 Å². The fraction of sp³-hybridized carbons (Fsp3) is 0.750. The molecule has 1 aliphatic rings. The number of rotatable bonds is 3. The van der Waals surface area contributed by atoms with E-state index in [-0.39, 0.29) is 11.5 Å². The molecule has 0 saturated carbocycles. The molecule has 0 bridgehead atoms. The van der Waals surface area contributed by atoms with Crippen molar-refractivity contribution in [2.45, 2.75) is 25.4 Å². The van der Waals surface area contributed by atoms with Crippen molar-refractivity contribution >= 4 is 17.8 Å². The minimum absolute atomic E-state index is 0.155. The van der Waals surface area contributed by atoms with Crippen LogP contribution in [0.4, 0.5) is 17.8 Å². The van der Waals surface area contributed by atoms with Crippen molar-refractivity contribution in [1.82, 2.24) is 15.0 Å². The molecule has 19 heavy (non-hydrogen) atoms. The van der Waals surface area contributed by atoms with Crippen LogP contribution in [0, 0.1) is 0 Å². The molecular weight excluding hydrogens is 244 g/mol. The van der Waals surface area contributed by atoms with Crippen LogP contribution >= 0.6 is 0 Å². The topological polar surface area (TPSA) is 80.4 Å². The van der Waals surface area contributed by atoms with Gasteiger partial charge in [0.15, 0.2) is 0 Å². The van der Waals surface area contributed by atoms with E-state index in [4.69, 9.17) is 10.5 Å². The molecule has 0 amide bonds. The van der Waals surface area contributed by atoms with Crippen LogP contribution < -0.4 is 15.5 Å². The lowest BCUT2D eigenvalue weighted by atomic mass is 9.95. The Morgan fingerprint density at radius 2 is 2.05 bits per heavy atom. The van der Waals surface area contributed by atoms with Crippen molar-refractivity contribution < 1.29 is 4.74 Å². The SMILES string of the molecule is COC1(C)CCCN(c2nc(N)nc(N(C)C)n2)C1. The molecule has 1 aromatic heterocycles. The van der Waals surface area contributed by atoms with Crippen LogP contribution in [0.5, 0.6) is 0 Å². The summed E-state index contributed by atoms with van der Waals surface area (Å²) in [4.78, 5) is 16.7. The first-order valence-electron chi connectivity index (χ1n) is 6.42. The summed E-state index contributed by atoms with van der Waals surface area (Å²) in [7, 11) is 5.51. The monoisotopic (exact) mass is 266 g/mol. The van der Waals surface area contributed by atoms with Crippen LogP contribution in [0.2, 0.25) is 0 Å². The Balaban J connectivity index is 2.26. The van der Waals surface area contributed by atoms with Crippen molar-refractivity contribution in [2.24, 2.45) is 0 Å². The molecule has 1 unspecified atom stereocenters. The second-order valence-corrected chi connectivity index (χ2v) is 5.37. The summed E-state index contributed by atoms with van der Waals surface area (Å²) in [5.74, 6) is 1.45.